The van der Waals surface area contributed by atoms with Crippen LogP contribution in [0, 0.1) is 5.82 Å². The molecule has 4 rings (SSSR count). The summed E-state index contributed by atoms with van der Waals surface area (Å²) in [4.78, 5) is 18.3. The summed E-state index contributed by atoms with van der Waals surface area (Å²) in [6.07, 6.45) is 3.90. The number of halogens is 1. The summed E-state index contributed by atoms with van der Waals surface area (Å²) in [6, 6.07) is 2.97. The van der Waals surface area contributed by atoms with Gasteiger partial charge in [-0.3, -0.25) is 9.48 Å². The van der Waals surface area contributed by atoms with Crippen molar-refractivity contribution in [1.29, 1.82) is 0 Å². The molecule has 2 radical (unpaired) electrons. The Labute approximate surface area is 160 Å². The minimum atomic E-state index is -0.939. The number of ether oxygens (including phenoxy) is 1. The summed E-state index contributed by atoms with van der Waals surface area (Å²) >= 11 is 1.30. The molecule has 9 heteroatoms. The van der Waals surface area contributed by atoms with Crippen LogP contribution in [0.2, 0.25) is 0 Å². The molecule has 6 nitrogen and oxygen atoms in total. The fraction of sp³-hybridized carbons (Fsp3) is 0.278. The molecule has 136 valence electrons. The second-order valence-electron chi connectivity index (χ2n) is 6.71. The number of methoxy groups -OCH3 is 1. The zero-order valence-corrected chi connectivity index (χ0v) is 15.9. The van der Waals surface area contributed by atoms with E-state index < -0.39 is 11.2 Å². The lowest BCUT2D eigenvalue weighted by molar-refractivity contribution is -0.121. The number of nitrogens with one attached hydrogen (secondary N) is 1. The van der Waals surface area contributed by atoms with E-state index in [-0.39, 0.29) is 11.4 Å². The van der Waals surface area contributed by atoms with Crippen LogP contribution in [-0.4, -0.2) is 35.6 Å². The highest BCUT2D eigenvalue weighted by atomic mass is 32.1. The molecular weight excluding hydrogens is 366 g/mol. The Morgan fingerprint density at radius 3 is 3.00 bits per heavy atom. The maximum atomic E-state index is 14.3. The molecule has 2 aromatic heterocycles. The zero-order valence-electron chi connectivity index (χ0n) is 15.0. The van der Waals surface area contributed by atoms with Gasteiger partial charge < -0.3 is 10.1 Å². The van der Waals surface area contributed by atoms with Gasteiger partial charge in [0, 0.05) is 29.2 Å². The van der Waals surface area contributed by atoms with Crippen molar-refractivity contribution in [3.8, 4) is 5.19 Å². The van der Waals surface area contributed by atoms with Gasteiger partial charge in [0.25, 0.3) is 5.19 Å². The van der Waals surface area contributed by atoms with Crippen LogP contribution >= 0.6 is 11.3 Å². The molecule has 1 N–H and O–H groups in total. The van der Waals surface area contributed by atoms with Crippen LogP contribution in [0.15, 0.2) is 24.4 Å². The standard InChI is InChI=1S/C18H16BFN4O2S/c1-18(5-4-11(19)14-15(18)22-17(26-3)27-14)16(25)21-10-6-9-8-24(2)23-13(9)12(20)7-10/h4,6-8H,5H2,1-3H3,(H,21,25). The Morgan fingerprint density at radius 2 is 2.26 bits per heavy atom. The summed E-state index contributed by atoms with van der Waals surface area (Å²) in [7, 11) is 9.30. The van der Waals surface area contributed by atoms with E-state index in [4.69, 9.17) is 12.6 Å². The number of thiazole rings is 1. The minimum Gasteiger partial charge on any atom is -0.473 e. The lowest BCUT2D eigenvalue weighted by Gasteiger charge is -2.30. The molecule has 1 aromatic carbocycles. The van der Waals surface area contributed by atoms with E-state index >= 15 is 0 Å². The number of hydrogen-bond acceptors (Lipinski definition) is 5. The molecule has 1 amide bonds. The maximum Gasteiger partial charge on any atom is 0.273 e. The van der Waals surface area contributed by atoms with E-state index in [1.54, 1.807) is 26.2 Å². The largest absolute Gasteiger partial charge is 0.473 e. The average Bonchev–Trinajstić information content (AvgIpc) is 3.22. The second kappa shape index (κ2) is 6.19. The van der Waals surface area contributed by atoms with Gasteiger partial charge in [-0.25, -0.2) is 9.37 Å². The molecule has 0 spiro atoms. The number of allylic oxidation sites excluding steroid dienone is 1. The van der Waals surface area contributed by atoms with Crippen LogP contribution < -0.4 is 10.1 Å². The van der Waals surface area contributed by atoms with Gasteiger partial charge in [0.1, 0.15) is 13.4 Å². The fourth-order valence-electron chi connectivity index (χ4n) is 3.21. The van der Waals surface area contributed by atoms with Crippen LogP contribution in [0.3, 0.4) is 0 Å². The number of anilines is 1. The molecular formula is C18H16BFN4O2S. The van der Waals surface area contributed by atoms with E-state index in [1.807, 2.05) is 6.08 Å². The first-order chi connectivity index (χ1) is 12.8. The zero-order chi connectivity index (χ0) is 19.3. The van der Waals surface area contributed by atoms with Gasteiger partial charge in [0.05, 0.1) is 18.2 Å². The summed E-state index contributed by atoms with van der Waals surface area (Å²) in [6.45, 7) is 1.79. The molecule has 2 heterocycles. The third-order valence-corrected chi connectivity index (χ3v) is 5.80. The highest BCUT2D eigenvalue weighted by molar-refractivity contribution is 7.15. The lowest BCUT2D eigenvalue weighted by Crippen LogP contribution is -2.39. The van der Waals surface area contributed by atoms with Gasteiger partial charge in [0.15, 0.2) is 5.82 Å². The predicted octanol–water partition coefficient (Wildman–Crippen LogP) is 2.99. The van der Waals surface area contributed by atoms with Gasteiger partial charge >= 0.3 is 0 Å². The van der Waals surface area contributed by atoms with Gasteiger partial charge in [-0.15, -0.1) is 0 Å². The van der Waals surface area contributed by atoms with Crippen molar-refractivity contribution in [2.24, 2.45) is 7.05 Å². The first-order valence-electron chi connectivity index (χ1n) is 8.27. The molecule has 1 aliphatic rings. The Kier molecular flexibility index (Phi) is 4.07. The highest BCUT2D eigenvalue weighted by Crippen LogP contribution is 2.43. The molecule has 3 aromatic rings. The van der Waals surface area contributed by atoms with Gasteiger partial charge in [-0.05, 0) is 25.5 Å². The number of benzene rings is 1. The summed E-state index contributed by atoms with van der Waals surface area (Å²) in [5.74, 6) is -0.777. The molecule has 1 atom stereocenters. The first kappa shape index (κ1) is 17.7. The van der Waals surface area contributed by atoms with Crippen LogP contribution in [0.1, 0.15) is 23.9 Å². The van der Waals surface area contributed by atoms with Gasteiger partial charge in [-0.1, -0.05) is 22.9 Å². The van der Waals surface area contributed by atoms with Crippen molar-refractivity contribution in [3.05, 3.63) is 40.8 Å². The van der Waals surface area contributed by atoms with E-state index in [2.05, 4.69) is 15.4 Å². The molecule has 27 heavy (non-hydrogen) atoms. The second-order valence-corrected chi connectivity index (χ2v) is 7.67. The Balaban J connectivity index is 1.70. The first-order valence-corrected chi connectivity index (χ1v) is 9.09. The van der Waals surface area contributed by atoms with E-state index in [0.29, 0.717) is 33.9 Å². The van der Waals surface area contributed by atoms with Crippen molar-refractivity contribution in [3.63, 3.8) is 0 Å². The van der Waals surface area contributed by atoms with E-state index in [0.717, 1.165) is 4.88 Å². The number of carbonyl (C=O) groups excluding carboxylic acids is 1. The van der Waals surface area contributed by atoms with Crippen molar-refractivity contribution in [1.82, 2.24) is 14.8 Å². The highest BCUT2D eigenvalue weighted by Gasteiger charge is 2.41. The third-order valence-electron chi connectivity index (χ3n) is 4.73. The lowest BCUT2D eigenvalue weighted by atomic mass is 9.73. The Bertz CT molecular complexity index is 1110. The Morgan fingerprint density at radius 1 is 1.48 bits per heavy atom. The monoisotopic (exact) mass is 382 g/mol. The molecule has 0 saturated carbocycles. The number of amides is 1. The number of aryl methyl sites for hydroxylation is 1. The number of rotatable bonds is 3. The van der Waals surface area contributed by atoms with Crippen molar-refractivity contribution in [2.45, 2.75) is 18.8 Å². The van der Waals surface area contributed by atoms with Crippen molar-refractivity contribution < 1.29 is 13.9 Å². The summed E-state index contributed by atoms with van der Waals surface area (Å²) < 4.78 is 21.0. The topological polar surface area (TPSA) is 69.0 Å². The normalized spacial score (nSPS) is 18.9. The quantitative estimate of drug-likeness (QED) is 0.708. The Hall–Kier alpha value is -2.68. The number of aromatic nitrogens is 3. The third kappa shape index (κ3) is 2.82. The maximum absolute atomic E-state index is 14.3. The SMILES string of the molecule is [B]C1=CCC(C)(C(=O)Nc2cc(F)c3nn(C)cc3c2)c2nc(OC)sc21. The number of carbonyl (C=O) groups is 1. The predicted molar refractivity (Wildman–Crippen MR) is 104 cm³/mol. The molecule has 0 bridgehead atoms. The van der Waals surface area contributed by atoms with Crippen LogP contribution in [0.25, 0.3) is 16.4 Å². The van der Waals surface area contributed by atoms with Crippen LogP contribution in [0.4, 0.5) is 10.1 Å². The smallest absolute Gasteiger partial charge is 0.273 e. The molecule has 0 fully saturated rings. The van der Waals surface area contributed by atoms with Crippen molar-refractivity contribution >= 4 is 47.2 Å². The molecule has 0 aliphatic heterocycles. The summed E-state index contributed by atoms with van der Waals surface area (Å²) in [5, 5.41) is 7.94. The average molecular weight is 382 g/mol. The van der Waals surface area contributed by atoms with E-state index in [1.165, 1.54) is 29.2 Å². The van der Waals surface area contributed by atoms with Crippen LogP contribution in [-0.2, 0) is 17.3 Å². The van der Waals surface area contributed by atoms with Gasteiger partial charge in [-0.2, -0.15) is 5.10 Å². The minimum absolute atomic E-state index is 0.265. The molecule has 1 aliphatic carbocycles. The number of hydrogen-bond donors (Lipinski definition) is 1. The number of fused-ring (bicyclic) bond motifs is 2. The summed E-state index contributed by atoms with van der Waals surface area (Å²) in [5.41, 5.74) is 0.849. The van der Waals surface area contributed by atoms with Crippen molar-refractivity contribution in [2.75, 3.05) is 12.4 Å². The number of nitrogens with zero attached hydrogens (tertiary/aromatic N) is 3. The van der Waals surface area contributed by atoms with E-state index in [9.17, 15) is 9.18 Å². The molecule has 0 saturated heterocycles. The molecule has 1 unspecified atom stereocenters. The van der Waals surface area contributed by atoms with Gasteiger partial charge in [0.2, 0.25) is 5.91 Å². The van der Waals surface area contributed by atoms with Crippen LogP contribution in [0.5, 0.6) is 5.19 Å². The fourth-order valence-corrected chi connectivity index (χ4v) is 4.18.